The molecule has 0 aliphatic heterocycles. The maximum Gasteiger partial charge on any atom is 0.312 e. The van der Waals surface area contributed by atoms with Crippen molar-refractivity contribution in [2.24, 2.45) is 5.41 Å². The van der Waals surface area contributed by atoms with Gasteiger partial charge in [0, 0.05) is 0 Å². The van der Waals surface area contributed by atoms with E-state index >= 15 is 0 Å². The minimum atomic E-state index is -0.482. The Morgan fingerprint density at radius 1 is 1.06 bits per heavy atom. The quantitative estimate of drug-likeness (QED) is 0.698. The molecular weight excluding hydrogens is 204 g/mol. The molecule has 0 aromatic heterocycles. The molecule has 1 N–H and O–H groups in total. The fourth-order valence-electron chi connectivity index (χ4n) is 2.86. The highest BCUT2D eigenvalue weighted by atomic mass is 16.6. The number of aliphatic hydroxyl groups is 1. The Morgan fingerprint density at radius 2 is 1.50 bits per heavy atom. The topological polar surface area (TPSA) is 46.5 Å². The van der Waals surface area contributed by atoms with Crippen LogP contribution in [0.4, 0.5) is 0 Å². The van der Waals surface area contributed by atoms with Crippen LogP contribution in [-0.2, 0) is 9.53 Å². The molecule has 3 saturated carbocycles. The van der Waals surface area contributed by atoms with Gasteiger partial charge in [-0.3, -0.25) is 4.79 Å². The Kier molecular flexibility index (Phi) is 2.57. The fourth-order valence-corrected chi connectivity index (χ4v) is 2.86. The number of fused-ring (bicyclic) bond motifs is 3. The average Bonchev–Trinajstić information content (AvgIpc) is 2.16. The molecule has 3 rings (SSSR count). The van der Waals surface area contributed by atoms with Gasteiger partial charge in [-0.15, -0.1) is 0 Å². The Labute approximate surface area is 97.2 Å². The summed E-state index contributed by atoms with van der Waals surface area (Å²) in [6, 6.07) is 0. The summed E-state index contributed by atoms with van der Waals surface area (Å²) in [5.41, 5.74) is -1.18. The summed E-state index contributed by atoms with van der Waals surface area (Å²) in [4.78, 5) is 12.2. The molecule has 0 saturated heterocycles. The molecule has 2 bridgehead atoms. The van der Waals surface area contributed by atoms with Gasteiger partial charge in [0.25, 0.3) is 0 Å². The van der Waals surface area contributed by atoms with Crippen LogP contribution in [0.1, 0.15) is 59.3 Å². The van der Waals surface area contributed by atoms with E-state index < -0.39 is 11.2 Å². The van der Waals surface area contributed by atoms with E-state index in [9.17, 15) is 9.90 Å². The Bertz CT molecular complexity index is 276. The van der Waals surface area contributed by atoms with Crippen molar-refractivity contribution in [1.82, 2.24) is 0 Å². The predicted molar refractivity (Wildman–Crippen MR) is 60.9 cm³/mol. The van der Waals surface area contributed by atoms with Gasteiger partial charge in [-0.05, 0) is 59.3 Å². The van der Waals surface area contributed by atoms with Gasteiger partial charge in [0.15, 0.2) is 0 Å². The molecule has 0 heterocycles. The summed E-state index contributed by atoms with van der Waals surface area (Å²) in [5.74, 6) is -0.0539. The summed E-state index contributed by atoms with van der Waals surface area (Å²) in [6.45, 7) is 5.72. The van der Waals surface area contributed by atoms with Crippen molar-refractivity contribution in [3.8, 4) is 0 Å². The predicted octanol–water partition coefficient (Wildman–Crippen LogP) is 2.41. The van der Waals surface area contributed by atoms with Gasteiger partial charge in [-0.2, -0.15) is 0 Å². The number of hydrogen-bond donors (Lipinski definition) is 1. The molecule has 3 fully saturated rings. The lowest BCUT2D eigenvalue weighted by atomic mass is 9.58. The van der Waals surface area contributed by atoms with Gasteiger partial charge < -0.3 is 9.84 Å². The molecule has 0 radical (unpaired) electrons. The van der Waals surface area contributed by atoms with E-state index in [0.717, 1.165) is 38.5 Å². The molecular formula is C13H22O3. The van der Waals surface area contributed by atoms with Gasteiger partial charge in [0.2, 0.25) is 0 Å². The summed E-state index contributed by atoms with van der Waals surface area (Å²) >= 11 is 0. The highest BCUT2D eigenvalue weighted by Crippen LogP contribution is 2.53. The van der Waals surface area contributed by atoms with E-state index in [1.807, 2.05) is 20.8 Å². The lowest BCUT2D eigenvalue weighted by molar-refractivity contribution is -0.182. The normalized spacial score (nSPS) is 38.5. The maximum absolute atomic E-state index is 12.2. The molecule has 3 nitrogen and oxygen atoms in total. The van der Waals surface area contributed by atoms with Crippen LogP contribution in [0.5, 0.6) is 0 Å². The van der Waals surface area contributed by atoms with Crippen LogP contribution in [-0.4, -0.2) is 22.3 Å². The van der Waals surface area contributed by atoms with E-state index in [-0.39, 0.29) is 11.4 Å². The second-order valence-electron chi connectivity index (χ2n) is 6.51. The van der Waals surface area contributed by atoms with Gasteiger partial charge >= 0.3 is 5.97 Å². The third kappa shape index (κ3) is 2.10. The minimum Gasteiger partial charge on any atom is -0.460 e. The number of carbonyl (C=O) groups excluding carboxylic acids is 1. The molecule has 0 amide bonds. The van der Waals surface area contributed by atoms with Gasteiger partial charge in [-0.1, -0.05) is 0 Å². The Hall–Kier alpha value is -0.570. The van der Waals surface area contributed by atoms with Crippen molar-refractivity contribution in [2.75, 3.05) is 0 Å². The molecule has 0 spiro atoms. The molecule has 16 heavy (non-hydrogen) atoms. The monoisotopic (exact) mass is 226 g/mol. The molecule has 92 valence electrons. The van der Waals surface area contributed by atoms with E-state index in [4.69, 9.17) is 4.74 Å². The Balaban J connectivity index is 2.07. The van der Waals surface area contributed by atoms with Crippen LogP contribution in [0, 0.1) is 5.41 Å². The zero-order valence-corrected chi connectivity index (χ0v) is 10.5. The van der Waals surface area contributed by atoms with Crippen molar-refractivity contribution < 1.29 is 14.6 Å². The van der Waals surface area contributed by atoms with E-state index in [2.05, 4.69) is 0 Å². The lowest BCUT2D eigenvalue weighted by Crippen LogP contribution is -2.51. The number of rotatable bonds is 1. The standard InChI is InChI=1S/C13H22O3/c1-11(2,3)16-10(14)12-4-7-13(15,8-5-12)9-6-12/h15H,4-9H2,1-3H3. The van der Waals surface area contributed by atoms with Crippen molar-refractivity contribution in [3.63, 3.8) is 0 Å². The molecule has 3 aliphatic carbocycles. The number of hydrogen-bond acceptors (Lipinski definition) is 3. The third-order valence-corrected chi connectivity index (χ3v) is 4.04. The first-order valence-electron chi connectivity index (χ1n) is 6.21. The molecule has 3 heteroatoms. The molecule has 0 unspecified atom stereocenters. The number of ether oxygens (including phenoxy) is 1. The summed E-state index contributed by atoms with van der Waals surface area (Å²) < 4.78 is 5.51. The van der Waals surface area contributed by atoms with Crippen molar-refractivity contribution in [1.29, 1.82) is 0 Å². The van der Waals surface area contributed by atoms with Crippen molar-refractivity contribution >= 4 is 5.97 Å². The highest BCUT2D eigenvalue weighted by Gasteiger charge is 2.53. The minimum absolute atomic E-state index is 0.0539. The highest BCUT2D eigenvalue weighted by molar-refractivity contribution is 5.77. The first kappa shape index (κ1) is 11.9. The number of carbonyl (C=O) groups is 1. The van der Waals surface area contributed by atoms with Crippen LogP contribution in [0.2, 0.25) is 0 Å². The maximum atomic E-state index is 12.2. The van der Waals surface area contributed by atoms with Gasteiger partial charge in [-0.25, -0.2) is 0 Å². The van der Waals surface area contributed by atoms with Crippen LogP contribution >= 0.6 is 0 Å². The van der Waals surface area contributed by atoms with Crippen LogP contribution in [0.15, 0.2) is 0 Å². The van der Waals surface area contributed by atoms with Gasteiger partial charge in [0.05, 0.1) is 11.0 Å². The summed E-state index contributed by atoms with van der Waals surface area (Å²) in [6.07, 6.45) is 4.64. The van der Waals surface area contributed by atoms with E-state index in [1.54, 1.807) is 0 Å². The summed E-state index contributed by atoms with van der Waals surface area (Å²) in [5, 5.41) is 10.1. The second kappa shape index (κ2) is 3.46. The van der Waals surface area contributed by atoms with E-state index in [0.29, 0.717) is 0 Å². The largest absolute Gasteiger partial charge is 0.460 e. The van der Waals surface area contributed by atoms with Crippen LogP contribution in [0.3, 0.4) is 0 Å². The first-order valence-corrected chi connectivity index (χ1v) is 6.21. The van der Waals surface area contributed by atoms with Gasteiger partial charge in [0.1, 0.15) is 5.60 Å². The smallest absolute Gasteiger partial charge is 0.312 e. The molecule has 0 atom stereocenters. The number of esters is 1. The second-order valence-corrected chi connectivity index (χ2v) is 6.51. The van der Waals surface area contributed by atoms with E-state index in [1.165, 1.54) is 0 Å². The van der Waals surface area contributed by atoms with Crippen LogP contribution < -0.4 is 0 Å². The fraction of sp³-hybridized carbons (Fsp3) is 0.923. The zero-order valence-electron chi connectivity index (χ0n) is 10.5. The zero-order chi connectivity index (χ0) is 12.0. The van der Waals surface area contributed by atoms with Crippen molar-refractivity contribution in [3.05, 3.63) is 0 Å². The first-order chi connectivity index (χ1) is 7.25. The van der Waals surface area contributed by atoms with Crippen LogP contribution in [0.25, 0.3) is 0 Å². The summed E-state index contributed by atoms with van der Waals surface area (Å²) in [7, 11) is 0. The van der Waals surface area contributed by atoms with Crippen molar-refractivity contribution in [2.45, 2.75) is 70.5 Å². The SMILES string of the molecule is CC(C)(C)OC(=O)C12CCC(O)(CC1)CC2. The Morgan fingerprint density at radius 3 is 1.88 bits per heavy atom. The molecule has 0 aromatic carbocycles. The average molecular weight is 226 g/mol. The molecule has 0 aromatic rings. The molecule has 3 aliphatic rings. The lowest BCUT2D eigenvalue weighted by Gasteiger charge is -2.49. The third-order valence-electron chi connectivity index (χ3n) is 4.04.